The number of para-hydroxylation sites is 2. The van der Waals surface area contributed by atoms with Crippen molar-refractivity contribution in [1.29, 1.82) is 0 Å². The van der Waals surface area contributed by atoms with Gasteiger partial charge in [0, 0.05) is 25.2 Å². The summed E-state index contributed by atoms with van der Waals surface area (Å²) in [6.45, 7) is 4.69. The van der Waals surface area contributed by atoms with Crippen LogP contribution in [-0.2, 0) is 4.74 Å². The van der Waals surface area contributed by atoms with Crippen LogP contribution in [0.15, 0.2) is 30.3 Å². The second kappa shape index (κ2) is 10.4. The highest BCUT2D eigenvalue weighted by atomic mass is 19.3. The maximum absolute atomic E-state index is 14.0. The lowest BCUT2D eigenvalue weighted by Crippen LogP contribution is -2.44. The Labute approximate surface area is 204 Å². The average molecular weight is 486 g/mol. The van der Waals surface area contributed by atoms with Crippen molar-refractivity contribution in [3.05, 3.63) is 36.2 Å². The summed E-state index contributed by atoms with van der Waals surface area (Å²) in [5.41, 5.74) is 1.11. The van der Waals surface area contributed by atoms with Gasteiger partial charge >= 0.3 is 0 Å². The van der Waals surface area contributed by atoms with Crippen molar-refractivity contribution in [2.75, 3.05) is 43.6 Å². The quantitative estimate of drug-likeness (QED) is 0.520. The smallest absolute Gasteiger partial charge is 0.296 e. The van der Waals surface area contributed by atoms with E-state index in [4.69, 9.17) is 14.7 Å². The first-order valence-electron chi connectivity index (χ1n) is 12.4. The Balaban J connectivity index is 1.51. The molecule has 35 heavy (non-hydrogen) atoms. The van der Waals surface area contributed by atoms with Gasteiger partial charge in [-0.1, -0.05) is 12.1 Å². The Bertz CT molecular complexity index is 1150. The van der Waals surface area contributed by atoms with Crippen LogP contribution in [-0.4, -0.2) is 65.0 Å². The number of anilines is 2. The van der Waals surface area contributed by atoms with Crippen LogP contribution in [0.5, 0.6) is 0 Å². The lowest BCUT2D eigenvalue weighted by atomic mass is 9.86. The molecule has 1 saturated heterocycles. The number of hydrogen-bond acceptors (Lipinski definition) is 7. The van der Waals surface area contributed by atoms with Crippen molar-refractivity contribution in [2.45, 2.75) is 51.1 Å². The summed E-state index contributed by atoms with van der Waals surface area (Å²) in [5, 5.41) is 6.79. The number of nitrogens with one attached hydrogen (secondary N) is 2. The number of imidazole rings is 1. The van der Waals surface area contributed by atoms with Gasteiger partial charge in [0.25, 0.3) is 6.43 Å². The third-order valence-electron chi connectivity index (χ3n) is 7.18. The van der Waals surface area contributed by atoms with Crippen LogP contribution >= 0.6 is 0 Å². The number of nitrogens with zero attached hydrogens (tertiary/aromatic N) is 5. The molecule has 1 saturated carbocycles. The molecule has 1 atom stereocenters. The van der Waals surface area contributed by atoms with Gasteiger partial charge in [-0.05, 0) is 57.7 Å². The molecule has 188 valence electrons. The molecule has 5 rings (SSSR count). The van der Waals surface area contributed by atoms with Gasteiger partial charge in [-0.25, -0.2) is 13.8 Å². The topological polar surface area (TPSA) is 80.1 Å². The van der Waals surface area contributed by atoms with Crippen molar-refractivity contribution in [3.8, 4) is 5.82 Å². The maximum atomic E-state index is 14.0. The van der Waals surface area contributed by atoms with Gasteiger partial charge in [0.1, 0.15) is 11.6 Å². The molecule has 2 aromatic heterocycles. The van der Waals surface area contributed by atoms with Crippen LogP contribution in [0.4, 0.5) is 20.5 Å². The highest BCUT2D eigenvalue weighted by Crippen LogP contribution is 2.30. The number of aromatic nitrogens is 4. The number of halogens is 2. The van der Waals surface area contributed by atoms with E-state index in [-0.39, 0.29) is 11.9 Å². The molecule has 1 aliphatic heterocycles. The normalized spacial score (nSPS) is 23.2. The highest BCUT2D eigenvalue weighted by Gasteiger charge is 2.26. The number of hydrogen-bond donors (Lipinski definition) is 2. The summed E-state index contributed by atoms with van der Waals surface area (Å²) in [6, 6.07) is 9.64. The van der Waals surface area contributed by atoms with Gasteiger partial charge in [-0.15, -0.1) is 0 Å². The number of morpholine rings is 1. The molecule has 1 aromatic carbocycles. The summed E-state index contributed by atoms with van der Waals surface area (Å²) >= 11 is 0. The lowest BCUT2D eigenvalue weighted by Gasteiger charge is -2.34. The number of fused-ring (bicyclic) bond motifs is 1. The van der Waals surface area contributed by atoms with E-state index in [9.17, 15) is 8.78 Å². The van der Waals surface area contributed by atoms with Gasteiger partial charge in [-0.3, -0.25) is 4.57 Å². The SMILES string of the molecule is CN[C@H]1CC[C@H](CNc2nc(N3CCOC[C@H]3C)cc(-n3c(C(F)F)nc4ccccc43)n2)CC1. The van der Waals surface area contributed by atoms with Crippen LogP contribution in [0.25, 0.3) is 16.9 Å². The Hall–Kier alpha value is -2.85. The number of ether oxygens (including phenoxy) is 1. The zero-order valence-corrected chi connectivity index (χ0v) is 20.3. The molecule has 2 fully saturated rings. The number of rotatable bonds is 7. The van der Waals surface area contributed by atoms with E-state index in [0.29, 0.717) is 60.3 Å². The van der Waals surface area contributed by atoms with E-state index in [1.165, 1.54) is 4.57 Å². The van der Waals surface area contributed by atoms with Gasteiger partial charge in [-0.2, -0.15) is 9.97 Å². The monoisotopic (exact) mass is 485 g/mol. The Morgan fingerprint density at radius 1 is 1.09 bits per heavy atom. The molecule has 10 heteroatoms. The third kappa shape index (κ3) is 5.08. The Kier molecular flexibility index (Phi) is 7.10. The summed E-state index contributed by atoms with van der Waals surface area (Å²) in [5.74, 6) is 1.75. The zero-order valence-electron chi connectivity index (χ0n) is 20.3. The van der Waals surface area contributed by atoms with E-state index >= 15 is 0 Å². The van der Waals surface area contributed by atoms with Gasteiger partial charge in [0.15, 0.2) is 5.82 Å². The second-order valence-electron chi connectivity index (χ2n) is 9.51. The Morgan fingerprint density at radius 2 is 1.86 bits per heavy atom. The molecular formula is C25H33F2N7O. The van der Waals surface area contributed by atoms with Gasteiger partial charge < -0.3 is 20.3 Å². The summed E-state index contributed by atoms with van der Waals surface area (Å²) in [7, 11) is 2.02. The van der Waals surface area contributed by atoms with Crippen molar-refractivity contribution >= 4 is 22.8 Å². The number of benzene rings is 1. The predicted molar refractivity (Wildman–Crippen MR) is 133 cm³/mol. The molecule has 0 unspecified atom stereocenters. The van der Waals surface area contributed by atoms with E-state index in [1.807, 2.05) is 13.1 Å². The van der Waals surface area contributed by atoms with E-state index < -0.39 is 6.43 Å². The fourth-order valence-corrected chi connectivity index (χ4v) is 5.15. The molecule has 8 nitrogen and oxygen atoms in total. The van der Waals surface area contributed by atoms with Crippen LogP contribution in [0.3, 0.4) is 0 Å². The molecule has 0 amide bonds. The van der Waals surface area contributed by atoms with Gasteiger partial charge in [0.05, 0.1) is 30.3 Å². The molecule has 2 N–H and O–H groups in total. The first-order chi connectivity index (χ1) is 17.0. The van der Waals surface area contributed by atoms with Crippen LogP contribution in [0, 0.1) is 5.92 Å². The summed E-state index contributed by atoms with van der Waals surface area (Å²) in [4.78, 5) is 15.9. The minimum atomic E-state index is -2.73. The fraction of sp³-hybridized carbons (Fsp3) is 0.560. The van der Waals surface area contributed by atoms with Gasteiger partial charge in [0.2, 0.25) is 5.95 Å². The highest BCUT2D eigenvalue weighted by molar-refractivity contribution is 5.78. The average Bonchev–Trinajstić information content (AvgIpc) is 3.28. The zero-order chi connectivity index (χ0) is 24.4. The minimum Gasteiger partial charge on any atom is -0.377 e. The lowest BCUT2D eigenvalue weighted by molar-refractivity contribution is 0.0985. The largest absolute Gasteiger partial charge is 0.377 e. The molecule has 3 heterocycles. The second-order valence-corrected chi connectivity index (χ2v) is 9.51. The predicted octanol–water partition coefficient (Wildman–Crippen LogP) is 4.17. The molecule has 0 bridgehead atoms. The van der Waals surface area contributed by atoms with Crippen LogP contribution in [0.1, 0.15) is 44.9 Å². The van der Waals surface area contributed by atoms with E-state index in [0.717, 1.165) is 32.2 Å². The molecular weight excluding hydrogens is 452 g/mol. The standard InChI is InChI=1S/C25H33F2N7O/c1-16-15-35-12-11-33(16)21-13-22(34-20-6-4-3-5-19(20)30-24(34)23(26)27)32-25(31-21)29-14-17-7-9-18(28-2)10-8-17/h3-6,13,16-18,23,28H,7-12,14-15H2,1-2H3,(H,29,31,32)/t16-,17-,18-/m1/s1. The molecule has 1 aliphatic carbocycles. The maximum Gasteiger partial charge on any atom is 0.296 e. The number of alkyl halides is 2. The third-order valence-corrected chi connectivity index (χ3v) is 7.18. The molecule has 2 aliphatic rings. The van der Waals surface area contributed by atoms with Crippen LogP contribution in [0.2, 0.25) is 0 Å². The molecule has 3 aromatic rings. The summed E-state index contributed by atoms with van der Waals surface area (Å²) < 4.78 is 35.1. The van der Waals surface area contributed by atoms with Crippen molar-refractivity contribution in [1.82, 2.24) is 24.8 Å². The Morgan fingerprint density at radius 3 is 2.60 bits per heavy atom. The first kappa shape index (κ1) is 23.9. The summed E-state index contributed by atoms with van der Waals surface area (Å²) in [6.07, 6.45) is 1.83. The van der Waals surface area contributed by atoms with Crippen molar-refractivity contribution in [3.63, 3.8) is 0 Å². The first-order valence-corrected chi connectivity index (χ1v) is 12.4. The van der Waals surface area contributed by atoms with Crippen molar-refractivity contribution < 1.29 is 13.5 Å². The minimum absolute atomic E-state index is 0.116. The molecule has 0 radical (unpaired) electrons. The van der Waals surface area contributed by atoms with Crippen molar-refractivity contribution in [2.24, 2.45) is 5.92 Å². The van der Waals surface area contributed by atoms with E-state index in [1.54, 1.807) is 24.3 Å². The van der Waals surface area contributed by atoms with E-state index in [2.05, 4.69) is 27.4 Å². The fourth-order valence-electron chi connectivity index (χ4n) is 5.15. The molecule has 0 spiro atoms. The van der Waals surface area contributed by atoms with Crippen LogP contribution < -0.4 is 15.5 Å².